The molecule has 0 saturated heterocycles. The number of anilines is 1. The Kier molecular flexibility index (Phi) is 4.90. The summed E-state index contributed by atoms with van der Waals surface area (Å²) in [5.41, 5.74) is -1.02. The van der Waals surface area contributed by atoms with Crippen LogP contribution in [-0.4, -0.2) is 23.5 Å². The van der Waals surface area contributed by atoms with E-state index in [4.69, 9.17) is 16.3 Å². The van der Waals surface area contributed by atoms with Crippen molar-refractivity contribution in [3.05, 3.63) is 22.8 Å². The van der Waals surface area contributed by atoms with Crippen LogP contribution < -0.4 is 5.32 Å². The predicted molar refractivity (Wildman–Crippen MR) is 71.2 cm³/mol. The van der Waals surface area contributed by atoms with E-state index in [0.717, 1.165) is 19.3 Å². The number of amides is 1. The SMILES string of the molecule is O=C(COC(=O)C1CCC1)Nc1ncc(C(F)(F)F)cc1Cl. The molecule has 0 bridgehead atoms. The fourth-order valence-corrected chi connectivity index (χ4v) is 1.97. The number of alkyl halides is 3. The van der Waals surface area contributed by atoms with Crippen molar-refractivity contribution >= 4 is 29.3 Å². The van der Waals surface area contributed by atoms with Crippen molar-refractivity contribution < 1.29 is 27.5 Å². The summed E-state index contributed by atoms with van der Waals surface area (Å²) in [5, 5.41) is 1.84. The Hall–Kier alpha value is -1.83. The van der Waals surface area contributed by atoms with Gasteiger partial charge in [0.15, 0.2) is 12.4 Å². The lowest BCUT2D eigenvalue weighted by molar-refractivity contribution is -0.154. The maximum Gasteiger partial charge on any atom is 0.417 e. The minimum Gasteiger partial charge on any atom is -0.455 e. The first-order valence-electron chi connectivity index (χ1n) is 6.46. The van der Waals surface area contributed by atoms with E-state index < -0.39 is 30.2 Å². The topological polar surface area (TPSA) is 68.3 Å². The Labute approximate surface area is 128 Å². The van der Waals surface area contributed by atoms with Crippen molar-refractivity contribution in [2.75, 3.05) is 11.9 Å². The van der Waals surface area contributed by atoms with Crippen molar-refractivity contribution in [2.24, 2.45) is 5.92 Å². The lowest BCUT2D eigenvalue weighted by atomic mass is 9.86. The zero-order valence-electron chi connectivity index (χ0n) is 11.2. The fourth-order valence-electron chi connectivity index (χ4n) is 1.75. The second-order valence-corrected chi connectivity index (χ2v) is 5.24. The van der Waals surface area contributed by atoms with Crippen LogP contribution in [0.2, 0.25) is 5.02 Å². The van der Waals surface area contributed by atoms with Gasteiger partial charge in [-0.05, 0) is 18.9 Å². The van der Waals surface area contributed by atoms with Gasteiger partial charge in [0.25, 0.3) is 5.91 Å². The second-order valence-electron chi connectivity index (χ2n) is 4.84. The van der Waals surface area contributed by atoms with Gasteiger partial charge >= 0.3 is 12.1 Å². The molecular weight excluding hydrogens is 325 g/mol. The minimum absolute atomic E-state index is 0.166. The van der Waals surface area contributed by atoms with Gasteiger partial charge in [0.2, 0.25) is 0 Å². The zero-order chi connectivity index (χ0) is 16.3. The van der Waals surface area contributed by atoms with Gasteiger partial charge < -0.3 is 10.1 Å². The highest BCUT2D eigenvalue weighted by Crippen LogP contribution is 2.32. The molecule has 1 heterocycles. The highest BCUT2D eigenvalue weighted by atomic mass is 35.5. The van der Waals surface area contributed by atoms with E-state index in [9.17, 15) is 22.8 Å². The second kappa shape index (κ2) is 6.51. The highest BCUT2D eigenvalue weighted by molar-refractivity contribution is 6.33. The molecule has 1 N–H and O–H groups in total. The molecule has 22 heavy (non-hydrogen) atoms. The number of nitrogens with zero attached hydrogens (tertiary/aromatic N) is 1. The normalized spacial score (nSPS) is 15.1. The van der Waals surface area contributed by atoms with Crippen LogP contribution in [0.3, 0.4) is 0 Å². The van der Waals surface area contributed by atoms with Crippen molar-refractivity contribution in [3.8, 4) is 0 Å². The van der Waals surface area contributed by atoms with E-state index in [0.29, 0.717) is 12.3 Å². The number of hydrogen-bond donors (Lipinski definition) is 1. The van der Waals surface area contributed by atoms with Crippen molar-refractivity contribution in [1.29, 1.82) is 0 Å². The van der Waals surface area contributed by atoms with Crippen LogP contribution in [-0.2, 0) is 20.5 Å². The lowest BCUT2D eigenvalue weighted by Gasteiger charge is -2.22. The van der Waals surface area contributed by atoms with Gasteiger partial charge in [-0.3, -0.25) is 9.59 Å². The molecule has 0 aromatic carbocycles. The molecule has 5 nitrogen and oxygen atoms in total. The molecule has 0 unspecified atom stereocenters. The number of carbonyl (C=O) groups excluding carboxylic acids is 2. The molecule has 1 aliphatic rings. The van der Waals surface area contributed by atoms with Crippen molar-refractivity contribution in [1.82, 2.24) is 4.98 Å². The molecule has 0 atom stereocenters. The Morgan fingerprint density at radius 2 is 2.09 bits per heavy atom. The van der Waals surface area contributed by atoms with E-state index >= 15 is 0 Å². The summed E-state index contributed by atoms with van der Waals surface area (Å²) in [6.07, 6.45) is -1.57. The number of pyridine rings is 1. The molecule has 0 aliphatic heterocycles. The van der Waals surface area contributed by atoms with Gasteiger partial charge in [-0.15, -0.1) is 0 Å². The molecule has 120 valence electrons. The first-order valence-corrected chi connectivity index (χ1v) is 6.84. The number of ether oxygens (including phenoxy) is 1. The van der Waals surface area contributed by atoms with Crippen LogP contribution >= 0.6 is 11.6 Å². The molecule has 1 amide bonds. The summed E-state index contributed by atoms with van der Waals surface area (Å²) in [6.45, 7) is -0.533. The van der Waals surface area contributed by atoms with Crippen LogP contribution in [0.5, 0.6) is 0 Å². The van der Waals surface area contributed by atoms with Crippen LogP contribution in [0.25, 0.3) is 0 Å². The van der Waals surface area contributed by atoms with Crippen LogP contribution in [0.4, 0.5) is 19.0 Å². The molecule has 0 spiro atoms. The van der Waals surface area contributed by atoms with Gasteiger partial charge in [-0.2, -0.15) is 13.2 Å². The maximum atomic E-state index is 12.4. The minimum atomic E-state index is -4.57. The summed E-state index contributed by atoms with van der Waals surface area (Å²) in [4.78, 5) is 26.5. The molecule has 1 aliphatic carbocycles. The largest absolute Gasteiger partial charge is 0.455 e. The van der Waals surface area contributed by atoms with Crippen molar-refractivity contribution in [2.45, 2.75) is 25.4 Å². The third-order valence-electron chi connectivity index (χ3n) is 3.21. The molecule has 1 aromatic rings. The van der Waals surface area contributed by atoms with Crippen molar-refractivity contribution in [3.63, 3.8) is 0 Å². The van der Waals surface area contributed by atoms with Gasteiger partial charge in [0.1, 0.15) is 0 Å². The van der Waals surface area contributed by atoms with Crippen LogP contribution in [0.1, 0.15) is 24.8 Å². The highest BCUT2D eigenvalue weighted by Gasteiger charge is 2.32. The number of carbonyl (C=O) groups is 2. The van der Waals surface area contributed by atoms with E-state index in [1.54, 1.807) is 0 Å². The summed E-state index contributed by atoms with van der Waals surface area (Å²) in [6, 6.07) is 0.657. The number of aromatic nitrogens is 1. The van der Waals surface area contributed by atoms with E-state index in [1.165, 1.54) is 0 Å². The molecule has 2 rings (SSSR count). The third-order valence-corrected chi connectivity index (χ3v) is 3.50. The standard InChI is InChI=1S/C13H12ClF3N2O3/c14-9-4-8(13(15,16)17)5-18-11(9)19-10(20)6-22-12(21)7-2-1-3-7/h4-5,7H,1-3,6H2,(H,18,19,20). The summed E-state index contributed by atoms with van der Waals surface area (Å²) < 4.78 is 42.1. The summed E-state index contributed by atoms with van der Waals surface area (Å²) in [5.74, 6) is -1.56. The first kappa shape index (κ1) is 16.5. The third kappa shape index (κ3) is 4.09. The first-order chi connectivity index (χ1) is 10.3. The molecular formula is C13H12ClF3N2O3. The molecule has 0 radical (unpaired) electrons. The quantitative estimate of drug-likeness (QED) is 0.858. The zero-order valence-corrected chi connectivity index (χ0v) is 12.0. The molecule has 1 aromatic heterocycles. The van der Waals surface area contributed by atoms with Gasteiger partial charge in [0, 0.05) is 6.20 Å². The van der Waals surface area contributed by atoms with E-state index in [1.807, 2.05) is 0 Å². The van der Waals surface area contributed by atoms with E-state index in [2.05, 4.69) is 10.3 Å². The number of rotatable bonds is 4. The Balaban J connectivity index is 1.89. The average molecular weight is 337 g/mol. The number of nitrogens with one attached hydrogen (secondary N) is 1. The molecule has 9 heteroatoms. The molecule has 1 fully saturated rings. The van der Waals surface area contributed by atoms with Crippen LogP contribution in [0, 0.1) is 5.92 Å². The van der Waals surface area contributed by atoms with Crippen LogP contribution in [0.15, 0.2) is 12.3 Å². The maximum absolute atomic E-state index is 12.4. The smallest absolute Gasteiger partial charge is 0.417 e. The Bertz CT molecular complexity index is 588. The van der Waals surface area contributed by atoms with Gasteiger partial charge in [0.05, 0.1) is 16.5 Å². The Morgan fingerprint density at radius 3 is 2.59 bits per heavy atom. The van der Waals surface area contributed by atoms with Gasteiger partial charge in [-0.25, -0.2) is 4.98 Å². The average Bonchev–Trinajstić information content (AvgIpc) is 2.35. The monoisotopic (exact) mass is 336 g/mol. The predicted octanol–water partition coefficient (Wildman–Crippen LogP) is 3.04. The number of esters is 1. The van der Waals surface area contributed by atoms with Gasteiger partial charge in [-0.1, -0.05) is 18.0 Å². The van der Waals surface area contributed by atoms with E-state index in [-0.39, 0.29) is 16.8 Å². The lowest BCUT2D eigenvalue weighted by Crippen LogP contribution is -2.28. The fraction of sp³-hybridized carbons (Fsp3) is 0.462. The Morgan fingerprint density at radius 1 is 1.41 bits per heavy atom. The number of hydrogen-bond acceptors (Lipinski definition) is 4. The summed E-state index contributed by atoms with van der Waals surface area (Å²) >= 11 is 5.64. The summed E-state index contributed by atoms with van der Waals surface area (Å²) in [7, 11) is 0. The molecule has 1 saturated carbocycles. The number of halogens is 4.